The summed E-state index contributed by atoms with van der Waals surface area (Å²) in [6, 6.07) is 11.9. The van der Waals surface area contributed by atoms with Crippen LogP contribution in [0, 0.1) is 0 Å². The second-order valence-corrected chi connectivity index (χ2v) is 12.5. The van der Waals surface area contributed by atoms with Gasteiger partial charge in [0.25, 0.3) is 0 Å². The molecule has 0 fully saturated rings. The molecule has 0 atom stereocenters. The van der Waals surface area contributed by atoms with Gasteiger partial charge in [-0.2, -0.15) is 0 Å². The molecule has 282 valence electrons. The van der Waals surface area contributed by atoms with Crippen molar-refractivity contribution in [1.29, 1.82) is 0 Å². The maximum Gasteiger partial charge on any atom is 3.00 e. The van der Waals surface area contributed by atoms with Gasteiger partial charge in [-0.25, -0.2) is 50.5 Å². The summed E-state index contributed by atoms with van der Waals surface area (Å²) in [5.41, 5.74) is 4.07. The first-order valence-corrected chi connectivity index (χ1v) is 18.2. The molecule has 2 radical (unpaired) electrons. The van der Waals surface area contributed by atoms with Gasteiger partial charge in [0, 0.05) is 47.7 Å². The molecule has 3 aromatic rings. The van der Waals surface area contributed by atoms with Gasteiger partial charge in [-0.1, -0.05) is 12.1 Å². The summed E-state index contributed by atoms with van der Waals surface area (Å²) in [6.07, 6.45) is 8.99. The third-order valence-corrected chi connectivity index (χ3v) is 4.97. The molecular weight excluding hydrogens is 1000 g/mol. The van der Waals surface area contributed by atoms with Crippen molar-refractivity contribution in [3.8, 4) is 22.4 Å². The van der Waals surface area contributed by atoms with E-state index in [0.29, 0.717) is 0 Å². The predicted octanol–water partition coefficient (Wildman–Crippen LogP) is -3.23. The summed E-state index contributed by atoms with van der Waals surface area (Å²) in [5.74, 6) is 0. The van der Waals surface area contributed by atoms with Gasteiger partial charge in [0.2, 0.25) is 62.4 Å². The Kier molecular flexibility index (Phi) is 23.8. The molecule has 0 unspecified atom stereocenters. The Bertz CT molecular complexity index is 1820. The molecule has 0 aromatic carbocycles. The molecule has 0 aliphatic rings. The third-order valence-electron chi connectivity index (χ3n) is 3.30. The Hall–Kier alpha value is -2.08. The Morgan fingerprint density at radius 2 is 0.700 bits per heavy atom. The van der Waals surface area contributed by atoms with E-state index in [1.54, 1.807) is 18.6 Å². The van der Waals surface area contributed by atoms with Crippen LogP contribution in [0.4, 0.5) is 0 Å². The van der Waals surface area contributed by atoms with Crippen LogP contribution in [-0.4, -0.2) is 92.8 Å². The topological polar surface area (TPSA) is 437 Å². The number of pyridine rings is 3. The molecule has 0 saturated carbocycles. The second-order valence-electron chi connectivity index (χ2n) is 6.74. The minimum Gasteiger partial charge on any atom is -0.724 e. The van der Waals surface area contributed by atoms with Crippen LogP contribution in [0.25, 0.3) is 22.4 Å². The zero-order chi connectivity index (χ0) is 37.5. The summed E-state index contributed by atoms with van der Waals surface area (Å²) in [5, 5.41) is 0. The molecule has 50 heavy (non-hydrogen) atoms. The van der Waals surface area contributed by atoms with Gasteiger partial charge >= 0.3 is 39.0 Å². The van der Waals surface area contributed by atoms with Crippen molar-refractivity contribution >= 4 is 62.4 Å². The minimum atomic E-state index is -5.31. The fraction of sp³-hybridized carbons (Fsp3) is 0. The largest absolute Gasteiger partial charge is 3.00 e. The van der Waals surface area contributed by atoms with Crippen LogP contribution in [0.15, 0.2) is 67.4 Å². The van der Waals surface area contributed by atoms with E-state index < -0.39 is 62.4 Å². The molecule has 0 amide bonds. The second kappa shape index (κ2) is 22.8. The molecule has 0 saturated heterocycles. The fourth-order valence-corrected chi connectivity index (χ4v) is 3.73. The SMILES string of the molecule is O=S(=O)([O-])OOS(=O)(=O)[O-].O=S(=O)([O-])OOS(=O)(=O)[O-].O=S(=O)([O-])OOS(=O)(=O)[O-].[Ru+3].[Ru+3].c1cncc(-c2cccnc2-c2cccnc2)c1. The normalized spacial score (nSPS) is 11.7. The average molecular weight is 1010 g/mol. The molecule has 0 N–H and O–H groups in total. The molecule has 0 aliphatic carbocycles. The molecule has 27 nitrogen and oxygen atoms in total. The predicted molar refractivity (Wildman–Crippen MR) is 135 cm³/mol. The standard InChI is InChI=1S/C15H11N3.3H2O8S2.2Ru/c1-4-12(10-16-7-1)14-6-3-9-18-15(14)13-5-2-8-17-11-13;3*1-9(2,3)7-8-10(4,5)6;;/h1-11H;3*(H,1,2,3)(H,4,5,6);;/q;;;;2*+3/p-6. The number of rotatable bonds is 11. The summed E-state index contributed by atoms with van der Waals surface area (Å²) in [7, 11) is -31.9. The van der Waals surface area contributed by atoms with E-state index in [9.17, 15) is 77.8 Å². The van der Waals surface area contributed by atoms with Gasteiger partial charge in [-0.05, 0) is 24.3 Å². The van der Waals surface area contributed by atoms with E-state index in [1.165, 1.54) is 0 Å². The van der Waals surface area contributed by atoms with Gasteiger partial charge < -0.3 is 27.3 Å². The monoisotopic (exact) mass is 1010 g/mol. The summed E-state index contributed by atoms with van der Waals surface area (Å²) in [6.45, 7) is 0. The molecule has 3 heterocycles. The van der Waals surface area contributed by atoms with Gasteiger partial charge in [0.05, 0.1) is 5.69 Å². The fourth-order valence-electron chi connectivity index (χ4n) is 2.10. The minimum absolute atomic E-state index is 0. The first-order valence-electron chi connectivity index (χ1n) is 10.2. The number of hydrogen-bond acceptors (Lipinski definition) is 27. The van der Waals surface area contributed by atoms with E-state index in [4.69, 9.17) is 0 Å². The van der Waals surface area contributed by atoms with Crippen molar-refractivity contribution < 1.29 is 143 Å². The Labute approximate surface area is 307 Å². The van der Waals surface area contributed by atoms with Gasteiger partial charge in [-0.3, -0.25) is 15.0 Å². The Morgan fingerprint density at radius 1 is 0.420 bits per heavy atom. The van der Waals surface area contributed by atoms with E-state index in [-0.39, 0.29) is 39.0 Å². The van der Waals surface area contributed by atoms with E-state index >= 15 is 0 Å². The van der Waals surface area contributed by atoms with Crippen molar-refractivity contribution in [3.63, 3.8) is 0 Å². The molecule has 0 bridgehead atoms. The van der Waals surface area contributed by atoms with Crippen LogP contribution in [0.5, 0.6) is 0 Å². The maximum absolute atomic E-state index is 9.37. The van der Waals surface area contributed by atoms with Crippen molar-refractivity contribution in [2.24, 2.45) is 0 Å². The zero-order valence-corrected chi connectivity index (χ0v) is 31.0. The first kappa shape index (κ1) is 52.3. The van der Waals surface area contributed by atoms with E-state index in [0.717, 1.165) is 22.4 Å². The van der Waals surface area contributed by atoms with E-state index in [2.05, 4.69) is 41.0 Å². The first-order chi connectivity index (χ1) is 21.6. The van der Waals surface area contributed by atoms with Crippen LogP contribution in [-0.2, 0) is 127 Å². The summed E-state index contributed by atoms with van der Waals surface area (Å²) >= 11 is 0. The smallest absolute Gasteiger partial charge is 0.724 e. The van der Waals surface area contributed by atoms with Gasteiger partial charge in [0.1, 0.15) is 0 Å². The quantitative estimate of drug-likeness (QED) is 0.0599. The average Bonchev–Trinajstić information content (AvgIpc) is 2.94. The van der Waals surface area contributed by atoms with Gasteiger partial charge in [0.15, 0.2) is 0 Å². The summed E-state index contributed by atoms with van der Waals surface area (Å²) < 4.78 is 184. The number of hydrogen-bond donors (Lipinski definition) is 0. The van der Waals surface area contributed by atoms with Gasteiger partial charge in [-0.15, -0.1) is 26.0 Å². The molecule has 0 aliphatic heterocycles. The number of nitrogens with zero attached hydrogens (tertiary/aromatic N) is 3. The Morgan fingerprint density at radius 3 is 0.960 bits per heavy atom. The molecule has 3 rings (SSSR count). The third kappa shape index (κ3) is 31.9. The van der Waals surface area contributed by atoms with Crippen LogP contribution < -0.4 is 0 Å². The maximum atomic E-state index is 9.37. The summed E-state index contributed by atoms with van der Waals surface area (Å²) in [4.78, 5) is 12.8. The van der Waals surface area contributed by atoms with Crippen molar-refractivity contribution in [2.45, 2.75) is 0 Å². The molecule has 0 spiro atoms. The zero-order valence-electron chi connectivity index (χ0n) is 22.6. The molecule has 3 aromatic heterocycles. The van der Waals surface area contributed by atoms with E-state index in [1.807, 2.05) is 48.8 Å². The van der Waals surface area contributed by atoms with Crippen molar-refractivity contribution in [3.05, 3.63) is 67.4 Å². The van der Waals surface area contributed by atoms with Crippen LogP contribution in [0.2, 0.25) is 0 Å². The van der Waals surface area contributed by atoms with Crippen LogP contribution in [0.1, 0.15) is 0 Å². The van der Waals surface area contributed by atoms with Crippen molar-refractivity contribution in [1.82, 2.24) is 15.0 Å². The Balaban J connectivity index is -0.000000611. The van der Waals surface area contributed by atoms with Crippen molar-refractivity contribution in [2.75, 3.05) is 0 Å². The molecular formula is C15H11N3O24Ru2S6. The van der Waals surface area contributed by atoms with Crippen LogP contribution in [0.3, 0.4) is 0 Å². The molecule has 35 heteroatoms. The number of aromatic nitrogens is 3. The van der Waals surface area contributed by atoms with Crippen LogP contribution >= 0.6 is 0 Å².